The summed E-state index contributed by atoms with van der Waals surface area (Å²) in [7, 11) is 1.68. The van der Waals surface area contributed by atoms with Crippen LogP contribution in [0.4, 0.5) is 4.39 Å². The SMILES string of the molecule is CC.CC.CC(C)n1c(=O)c2ccccc2n(C)c1=O.CC(C)n1c(=O)cc2ccccn2c1=O.CC(C)n1c(=O)cc2sccn2c1=O.CC(C)n1c(=O)ccn(-c2ccc(F)cc2)c1=O. The molecule has 0 fully saturated rings. The number of rotatable bonds is 5. The van der Waals surface area contributed by atoms with E-state index in [1.807, 2.05) is 75.3 Å². The predicted molar refractivity (Wildman–Crippen MR) is 268 cm³/mol. The second-order valence-electron chi connectivity index (χ2n) is 15.4. The van der Waals surface area contributed by atoms with E-state index >= 15 is 0 Å². The minimum absolute atomic E-state index is 0.105. The number of thiazole rings is 1. The Morgan fingerprint density at radius 3 is 1.57 bits per heavy atom. The fourth-order valence-corrected chi connectivity index (χ4v) is 7.44. The van der Waals surface area contributed by atoms with Gasteiger partial charge in [-0.05, 0) is 104 Å². The summed E-state index contributed by atoms with van der Waals surface area (Å²) in [5.41, 5.74) is -0.440. The molecule has 0 spiro atoms. The van der Waals surface area contributed by atoms with Crippen LogP contribution in [0.5, 0.6) is 0 Å². The lowest BCUT2D eigenvalue weighted by atomic mass is 10.2. The molecule has 6 aromatic heterocycles. The van der Waals surface area contributed by atoms with Crippen LogP contribution in [0, 0.1) is 5.82 Å². The maximum atomic E-state index is 12.8. The number of aryl methyl sites for hydroxylation is 1. The fraction of sp³-hybridized carbons (Fsp3) is 0.347. The minimum Gasteiger partial charge on any atom is -0.296 e. The Kier molecular flexibility index (Phi) is 19.7. The molecule has 358 valence electrons. The number of nitrogens with zero attached hydrogens (tertiary/aromatic N) is 8. The highest BCUT2D eigenvalue weighted by molar-refractivity contribution is 7.15. The van der Waals surface area contributed by atoms with Crippen molar-refractivity contribution in [2.24, 2.45) is 7.05 Å². The molecule has 0 saturated carbocycles. The Balaban J connectivity index is 0.000000232. The molecule has 8 rings (SSSR count). The van der Waals surface area contributed by atoms with Crippen LogP contribution in [0.1, 0.15) is 107 Å². The number of hydrogen-bond donors (Lipinski definition) is 0. The summed E-state index contributed by atoms with van der Waals surface area (Å²) < 4.78 is 23.6. The summed E-state index contributed by atoms with van der Waals surface area (Å²) in [5.74, 6) is -0.371. The van der Waals surface area contributed by atoms with E-state index in [9.17, 15) is 42.7 Å². The molecule has 0 bridgehead atoms. The molecular formula is C49H61FN8O8S. The van der Waals surface area contributed by atoms with Crippen LogP contribution in [0.2, 0.25) is 0 Å². The number of aromatic nitrogens is 8. The molecule has 18 heteroatoms. The van der Waals surface area contributed by atoms with Crippen LogP contribution >= 0.6 is 11.3 Å². The Labute approximate surface area is 390 Å². The zero-order valence-electron chi connectivity index (χ0n) is 40.3. The monoisotopic (exact) mass is 940 g/mol. The number of fused-ring (bicyclic) bond motifs is 3. The standard InChI is InChI=1S/C13H13FN2O2.C12H14N2O2.C11H12N2O2.C9H10N2O2S.2C2H6/c1-9(2)16-12(17)7-8-15(13(16)18)11-5-3-10(14)4-6-11;1-8(2)14-11(15)9-6-4-5-7-10(9)13(3)12(14)16;1-8(2)13-10(14)7-9-5-3-4-6-12(9)11(13)15;1-6(2)11-7(12)5-8-10(9(11)13)3-4-14-8;2*1-2/h3-9H,1-2H3;4-8H,1-3H3;3-8H,1-2H3;3-6H,1-2H3;2*1-2H3. The topological polar surface area (TPSA) is 175 Å². The van der Waals surface area contributed by atoms with Gasteiger partial charge in [-0.1, -0.05) is 45.9 Å². The second kappa shape index (κ2) is 24.4. The Bertz CT molecular complexity index is 3420. The van der Waals surface area contributed by atoms with Gasteiger partial charge in [0, 0.05) is 73.4 Å². The molecule has 0 amide bonds. The molecule has 0 aliphatic rings. The van der Waals surface area contributed by atoms with Crippen molar-refractivity contribution in [3.8, 4) is 5.69 Å². The minimum atomic E-state index is -0.427. The van der Waals surface area contributed by atoms with Gasteiger partial charge in [0.05, 0.1) is 22.1 Å². The molecular weight excluding hydrogens is 880 g/mol. The van der Waals surface area contributed by atoms with Crippen LogP contribution in [0.3, 0.4) is 0 Å². The quantitative estimate of drug-likeness (QED) is 0.174. The molecule has 0 unspecified atom stereocenters. The van der Waals surface area contributed by atoms with Crippen molar-refractivity contribution in [3.63, 3.8) is 0 Å². The van der Waals surface area contributed by atoms with Gasteiger partial charge in [-0.3, -0.25) is 55.4 Å². The van der Waals surface area contributed by atoms with Crippen molar-refractivity contribution < 1.29 is 4.39 Å². The largest absolute Gasteiger partial charge is 0.336 e. The Hall–Kier alpha value is -7.21. The van der Waals surface area contributed by atoms with Gasteiger partial charge in [0.25, 0.3) is 22.2 Å². The van der Waals surface area contributed by atoms with Gasteiger partial charge in [0.1, 0.15) is 10.6 Å². The van der Waals surface area contributed by atoms with Crippen molar-refractivity contribution in [2.45, 2.75) is 107 Å². The summed E-state index contributed by atoms with van der Waals surface area (Å²) in [5, 5.41) is 2.37. The first-order valence-corrected chi connectivity index (χ1v) is 22.9. The van der Waals surface area contributed by atoms with E-state index < -0.39 is 5.69 Å². The van der Waals surface area contributed by atoms with Crippen molar-refractivity contribution in [1.82, 2.24) is 36.2 Å². The van der Waals surface area contributed by atoms with Gasteiger partial charge in [0.2, 0.25) is 0 Å². The zero-order valence-corrected chi connectivity index (χ0v) is 41.1. The number of halogens is 1. The van der Waals surface area contributed by atoms with E-state index in [2.05, 4.69) is 0 Å². The van der Waals surface area contributed by atoms with Crippen LogP contribution in [0.25, 0.3) is 26.9 Å². The Morgan fingerprint density at radius 1 is 0.493 bits per heavy atom. The summed E-state index contributed by atoms with van der Waals surface area (Å²) in [4.78, 5) is 95.4. The van der Waals surface area contributed by atoms with Crippen molar-refractivity contribution in [2.75, 3.05) is 0 Å². The van der Waals surface area contributed by atoms with E-state index in [-0.39, 0.29) is 69.3 Å². The third kappa shape index (κ3) is 12.4. The summed E-state index contributed by atoms with van der Waals surface area (Å²) in [6.07, 6.45) is 4.74. The molecule has 0 N–H and O–H groups in total. The molecule has 8 aromatic rings. The second-order valence-corrected chi connectivity index (χ2v) is 16.4. The van der Waals surface area contributed by atoms with E-state index in [0.29, 0.717) is 26.9 Å². The van der Waals surface area contributed by atoms with Gasteiger partial charge in [-0.25, -0.2) is 23.6 Å². The van der Waals surface area contributed by atoms with Gasteiger partial charge >= 0.3 is 22.8 Å². The maximum absolute atomic E-state index is 12.8. The predicted octanol–water partition coefficient (Wildman–Crippen LogP) is 7.20. The van der Waals surface area contributed by atoms with Gasteiger partial charge in [-0.15, -0.1) is 11.3 Å². The fourth-order valence-electron chi connectivity index (χ4n) is 6.69. The molecule has 2 aromatic carbocycles. The highest BCUT2D eigenvalue weighted by atomic mass is 32.1. The van der Waals surface area contributed by atoms with Crippen molar-refractivity contribution in [1.29, 1.82) is 0 Å². The highest BCUT2D eigenvalue weighted by Crippen LogP contribution is 2.09. The Morgan fingerprint density at radius 2 is 1.00 bits per heavy atom. The summed E-state index contributed by atoms with van der Waals surface area (Å²) in [6.45, 7) is 22.5. The molecule has 16 nitrogen and oxygen atoms in total. The highest BCUT2D eigenvalue weighted by Gasteiger charge is 2.13. The third-order valence-electron chi connectivity index (χ3n) is 9.74. The molecule has 0 atom stereocenters. The lowest BCUT2D eigenvalue weighted by molar-refractivity contribution is 0.532. The van der Waals surface area contributed by atoms with Crippen molar-refractivity contribution in [3.05, 3.63) is 198 Å². The van der Waals surface area contributed by atoms with Gasteiger partial charge < -0.3 is 0 Å². The summed E-state index contributed by atoms with van der Waals surface area (Å²) >= 11 is 1.39. The summed E-state index contributed by atoms with van der Waals surface area (Å²) in [6, 6.07) is 21.7. The van der Waals surface area contributed by atoms with E-state index in [0.717, 1.165) is 4.57 Å². The van der Waals surface area contributed by atoms with Gasteiger partial charge in [-0.2, -0.15) is 0 Å². The lowest BCUT2D eigenvalue weighted by Crippen LogP contribution is -2.40. The lowest BCUT2D eigenvalue weighted by Gasteiger charge is -2.12. The van der Waals surface area contributed by atoms with Crippen molar-refractivity contribution >= 4 is 32.6 Å². The van der Waals surface area contributed by atoms with Crippen LogP contribution < -0.4 is 45.0 Å². The van der Waals surface area contributed by atoms with E-state index in [1.54, 1.807) is 75.1 Å². The average Bonchev–Trinajstić information content (AvgIpc) is 3.77. The first-order valence-electron chi connectivity index (χ1n) is 22.0. The first-order chi connectivity index (χ1) is 31.8. The number of hydrogen-bond acceptors (Lipinski definition) is 9. The van der Waals surface area contributed by atoms with Crippen LogP contribution in [0.15, 0.2) is 147 Å². The molecule has 6 heterocycles. The third-order valence-corrected chi connectivity index (χ3v) is 10.6. The number of para-hydroxylation sites is 1. The van der Waals surface area contributed by atoms with E-state index in [4.69, 9.17) is 0 Å². The molecule has 0 aliphatic carbocycles. The van der Waals surface area contributed by atoms with Crippen LogP contribution in [-0.4, -0.2) is 36.2 Å². The van der Waals surface area contributed by atoms with Gasteiger partial charge in [0.15, 0.2) is 0 Å². The first kappa shape index (κ1) is 54.1. The number of pyridine rings is 1. The maximum Gasteiger partial charge on any atom is 0.336 e. The molecule has 0 aliphatic heterocycles. The van der Waals surface area contributed by atoms with E-state index in [1.165, 1.54) is 91.6 Å². The molecule has 0 saturated heterocycles. The molecule has 0 radical (unpaired) electrons. The number of benzene rings is 2. The smallest absolute Gasteiger partial charge is 0.296 e. The average molecular weight is 941 g/mol. The normalized spacial score (nSPS) is 10.7. The molecule has 67 heavy (non-hydrogen) atoms. The zero-order chi connectivity index (χ0) is 50.4. The van der Waals surface area contributed by atoms with Crippen LogP contribution in [-0.2, 0) is 7.05 Å².